The van der Waals surface area contributed by atoms with Crippen molar-refractivity contribution in [2.45, 2.75) is 19.3 Å². The standard InChI is InChI=1S/C9H15NO.H3N.H2/c11-9-5-4-8-10-6-2-1-3-7-10;;/h4-5,9H,1-3,6-8H2;1H3;1H/b5-4+;;. The summed E-state index contributed by atoms with van der Waals surface area (Å²) in [5, 5.41) is 0. The first-order valence-electron chi connectivity index (χ1n) is 4.26. The summed E-state index contributed by atoms with van der Waals surface area (Å²) in [5.41, 5.74) is 0. The fourth-order valence-electron chi connectivity index (χ4n) is 1.41. The average Bonchev–Trinajstić information content (AvgIpc) is 2.07. The van der Waals surface area contributed by atoms with Gasteiger partial charge in [0.2, 0.25) is 0 Å². The Hall–Kier alpha value is -0.670. The summed E-state index contributed by atoms with van der Waals surface area (Å²) in [7, 11) is 0. The Labute approximate surface area is 75.5 Å². The van der Waals surface area contributed by atoms with Gasteiger partial charge in [0.05, 0.1) is 0 Å². The number of carbonyl (C=O) groups is 1. The first-order chi connectivity index (χ1) is 5.43. The van der Waals surface area contributed by atoms with Crippen molar-refractivity contribution in [3.8, 4) is 0 Å². The minimum absolute atomic E-state index is 0. The van der Waals surface area contributed by atoms with Gasteiger partial charge in [0.1, 0.15) is 6.29 Å². The number of nitrogens with zero attached hydrogens (tertiary/aromatic N) is 1. The highest BCUT2D eigenvalue weighted by Crippen LogP contribution is 2.07. The minimum Gasteiger partial charge on any atom is -0.344 e. The summed E-state index contributed by atoms with van der Waals surface area (Å²) in [4.78, 5) is 12.3. The SMILES string of the molecule is N.O=C/C=C/CN1CCCCC1.[HH]. The van der Waals surface area contributed by atoms with Crippen molar-refractivity contribution in [2.24, 2.45) is 0 Å². The molecule has 1 fully saturated rings. The van der Waals surface area contributed by atoms with Gasteiger partial charge in [0.25, 0.3) is 0 Å². The number of rotatable bonds is 3. The molecule has 3 nitrogen and oxygen atoms in total. The van der Waals surface area contributed by atoms with Gasteiger partial charge in [-0.05, 0) is 32.0 Å². The van der Waals surface area contributed by atoms with Crippen LogP contribution in [0.25, 0.3) is 0 Å². The third-order valence-corrected chi connectivity index (χ3v) is 2.03. The highest BCUT2D eigenvalue weighted by atomic mass is 16.1. The zero-order valence-electron chi connectivity index (χ0n) is 7.54. The molecule has 72 valence electrons. The van der Waals surface area contributed by atoms with Crippen molar-refractivity contribution >= 4 is 6.29 Å². The molecule has 0 aromatic carbocycles. The van der Waals surface area contributed by atoms with Crippen molar-refractivity contribution in [3.63, 3.8) is 0 Å². The van der Waals surface area contributed by atoms with Crippen LogP contribution in [0.3, 0.4) is 0 Å². The van der Waals surface area contributed by atoms with Crippen LogP contribution in [0.15, 0.2) is 12.2 Å². The van der Waals surface area contributed by atoms with E-state index in [4.69, 9.17) is 0 Å². The summed E-state index contributed by atoms with van der Waals surface area (Å²) in [6, 6.07) is 0. The number of carbonyl (C=O) groups excluding carboxylic acids is 1. The molecule has 3 N–H and O–H groups in total. The fourth-order valence-corrected chi connectivity index (χ4v) is 1.41. The second-order valence-corrected chi connectivity index (χ2v) is 2.93. The maximum atomic E-state index is 9.94. The zero-order chi connectivity index (χ0) is 7.94. The molecule has 0 atom stereocenters. The van der Waals surface area contributed by atoms with Crippen LogP contribution in [0, 0.1) is 0 Å². The Morgan fingerprint density at radius 1 is 1.25 bits per heavy atom. The predicted octanol–water partition coefficient (Wildman–Crippen LogP) is 1.64. The van der Waals surface area contributed by atoms with E-state index in [0.717, 1.165) is 12.8 Å². The predicted molar refractivity (Wildman–Crippen MR) is 52.6 cm³/mol. The molecule has 1 heterocycles. The van der Waals surface area contributed by atoms with Crippen LogP contribution >= 0.6 is 0 Å². The number of hydrogen-bond donors (Lipinski definition) is 1. The molecule has 0 saturated carbocycles. The van der Waals surface area contributed by atoms with Crippen LogP contribution in [-0.2, 0) is 4.79 Å². The molecule has 0 amide bonds. The molecule has 1 aliphatic heterocycles. The summed E-state index contributed by atoms with van der Waals surface area (Å²) < 4.78 is 0. The van der Waals surface area contributed by atoms with Crippen molar-refractivity contribution in [1.29, 1.82) is 0 Å². The first kappa shape index (κ1) is 11.3. The maximum absolute atomic E-state index is 9.94. The van der Waals surface area contributed by atoms with Gasteiger partial charge in [0, 0.05) is 7.97 Å². The Morgan fingerprint density at radius 3 is 2.50 bits per heavy atom. The summed E-state index contributed by atoms with van der Waals surface area (Å²) >= 11 is 0. The molecular weight excluding hydrogens is 152 g/mol. The van der Waals surface area contributed by atoms with E-state index in [1.54, 1.807) is 6.08 Å². The zero-order valence-corrected chi connectivity index (χ0v) is 7.54. The third-order valence-electron chi connectivity index (χ3n) is 2.03. The molecule has 0 spiro atoms. The van der Waals surface area contributed by atoms with Gasteiger partial charge in [-0.3, -0.25) is 9.69 Å². The smallest absolute Gasteiger partial charge is 0.142 e. The molecule has 3 heteroatoms. The minimum atomic E-state index is 0. The largest absolute Gasteiger partial charge is 0.344 e. The molecule has 0 radical (unpaired) electrons. The molecule has 1 aliphatic rings. The number of aldehydes is 1. The second-order valence-electron chi connectivity index (χ2n) is 2.93. The molecule has 1 saturated heterocycles. The molecule has 0 aliphatic carbocycles. The normalized spacial score (nSPS) is 19.0. The third kappa shape index (κ3) is 4.26. The van der Waals surface area contributed by atoms with E-state index in [2.05, 4.69) is 4.90 Å². The first-order valence-corrected chi connectivity index (χ1v) is 4.26. The lowest BCUT2D eigenvalue weighted by atomic mass is 10.1. The van der Waals surface area contributed by atoms with E-state index in [1.807, 2.05) is 6.08 Å². The van der Waals surface area contributed by atoms with Crippen molar-refractivity contribution in [3.05, 3.63) is 12.2 Å². The van der Waals surface area contributed by atoms with E-state index >= 15 is 0 Å². The number of allylic oxidation sites excluding steroid dienone is 1. The molecular formula is C9H20N2O. The Morgan fingerprint density at radius 2 is 1.92 bits per heavy atom. The molecule has 1 rings (SSSR count). The van der Waals surface area contributed by atoms with Crippen LogP contribution in [0.4, 0.5) is 0 Å². The fraction of sp³-hybridized carbons (Fsp3) is 0.667. The van der Waals surface area contributed by atoms with Gasteiger partial charge in [-0.25, -0.2) is 0 Å². The van der Waals surface area contributed by atoms with Gasteiger partial charge >= 0.3 is 0 Å². The molecule has 12 heavy (non-hydrogen) atoms. The van der Waals surface area contributed by atoms with Crippen molar-refractivity contribution < 1.29 is 6.22 Å². The lowest BCUT2D eigenvalue weighted by Crippen LogP contribution is -2.29. The van der Waals surface area contributed by atoms with Gasteiger partial charge in [-0.1, -0.05) is 12.5 Å². The van der Waals surface area contributed by atoms with Gasteiger partial charge in [-0.2, -0.15) is 0 Å². The van der Waals surface area contributed by atoms with Crippen LogP contribution in [0.5, 0.6) is 0 Å². The number of piperidine rings is 1. The van der Waals surface area contributed by atoms with E-state index in [9.17, 15) is 4.79 Å². The van der Waals surface area contributed by atoms with Gasteiger partial charge in [0.15, 0.2) is 0 Å². The second kappa shape index (κ2) is 7.00. The van der Waals surface area contributed by atoms with Crippen LogP contribution in [0.2, 0.25) is 0 Å². The highest BCUT2D eigenvalue weighted by Gasteiger charge is 2.06. The summed E-state index contributed by atoms with van der Waals surface area (Å²) in [6.07, 6.45) is 8.34. The maximum Gasteiger partial charge on any atom is 0.142 e. The number of likely N-dealkylation sites (tertiary alicyclic amines) is 1. The molecule has 0 aromatic rings. The monoisotopic (exact) mass is 172 g/mol. The Balaban J connectivity index is 0. The molecule has 0 unspecified atom stereocenters. The van der Waals surface area contributed by atoms with Crippen LogP contribution < -0.4 is 6.15 Å². The highest BCUT2D eigenvalue weighted by molar-refractivity contribution is 5.64. The quantitative estimate of drug-likeness (QED) is 0.520. The summed E-state index contributed by atoms with van der Waals surface area (Å²) in [5.74, 6) is 0. The van der Waals surface area contributed by atoms with Crippen molar-refractivity contribution in [2.75, 3.05) is 19.6 Å². The summed E-state index contributed by atoms with van der Waals surface area (Å²) in [6.45, 7) is 3.34. The average molecular weight is 172 g/mol. The van der Waals surface area contributed by atoms with Gasteiger partial charge < -0.3 is 6.15 Å². The lowest BCUT2D eigenvalue weighted by Gasteiger charge is -2.24. The topological polar surface area (TPSA) is 55.3 Å². The van der Waals surface area contributed by atoms with E-state index in [1.165, 1.54) is 32.4 Å². The van der Waals surface area contributed by atoms with Gasteiger partial charge in [-0.15, -0.1) is 0 Å². The number of hydrogen-bond acceptors (Lipinski definition) is 3. The van der Waals surface area contributed by atoms with Crippen molar-refractivity contribution in [1.82, 2.24) is 11.1 Å². The lowest BCUT2D eigenvalue weighted by molar-refractivity contribution is -0.104. The van der Waals surface area contributed by atoms with Crippen LogP contribution in [0.1, 0.15) is 20.7 Å². The van der Waals surface area contributed by atoms with E-state index in [-0.39, 0.29) is 7.58 Å². The molecule has 0 aromatic heterocycles. The molecule has 0 bridgehead atoms. The Kier molecular flexibility index (Phi) is 6.61. The van der Waals surface area contributed by atoms with Crippen LogP contribution in [-0.4, -0.2) is 30.8 Å². The van der Waals surface area contributed by atoms with E-state index in [0.29, 0.717) is 0 Å². The Bertz CT molecular complexity index is 145. The van der Waals surface area contributed by atoms with E-state index < -0.39 is 0 Å².